The summed E-state index contributed by atoms with van der Waals surface area (Å²) >= 11 is 6.16. The van der Waals surface area contributed by atoms with Gasteiger partial charge in [-0.05, 0) is 75.0 Å². The van der Waals surface area contributed by atoms with Crippen molar-refractivity contribution in [1.29, 1.82) is 0 Å². The lowest BCUT2D eigenvalue weighted by atomic mass is 9.45. The molecule has 3 heteroatoms. The second kappa shape index (κ2) is 5.61. The maximum Gasteiger partial charge on any atom is 0.100 e. The number of hydrogen-bond acceptors (Lipinski definition) is 2. The average Bonchev–Trinajstić information content (AvgIpc) is 2.52. The maximum absolute atomic E-state index is 10.8. The lowest BCUT2D eigenvalue weighted by Crippen LogP contribution is -2.58. The van der Waals surface area contributed by atoms with E-state index in [2.05, 4.69) is 27.7 Å². The minimum Gasteiger partial charge on any atom is -0.387 e. The Morgan fingerprint density at radius 2 is 1.61 bits per heavy atom. The number of alkyl halides is 1. The summed E-state index contributed by atoms with van der Waals surface area (Å²) < 4.78 is 6.57. The normalized spacial score (nSPS) is 53.1. The zero-order valence-electron chi connectivity index (χ0n) is 15.6. The number of ether oxygens (including phenoxy) is 1. The topological polar surface area (TPSA) is 29.5 Å². The standard InChI is InChI=1S/C20H35ClO2/c1-17(2)9-6-10-18(3)14(17)8-12-20(5)15(18)7-11-19(4,22)16(13-21)23-20/h14-16,22H,6-13H2,1-5H3/t14-,15+,16+,18-,19-,20+/m0/s1. The molecule has 0 spiro atoms. The van der Waals surface area contributed by atoms with Gasteiger partial charge in [0.25, 0.3) is 0 Å². The first kappa shape index (κ1) is 18.0. The van der Waals surface area contributed by atoms with Crippen molar-refractivity contribution in [3.8, 4) is 0 Å². The van der Waals surface area contributed by atoms with Crippen LogP contribution in [0, 0.1) is 22.7 Å². The molecule has 23 heavy (non-hydrogen) atoms. The molecule has 1 heterocycles. The van der Waals surface area contributed by atoms with Crippen molar-refractivity contribution in [2.75, 3.05) is 5.88 Å². The Kier molecular flexibility index (Phi) is 4.39. The van der Waals surface area contributed by atoms with Gasteiger partial charge < -0.3 is 9.84 Å². The van der Waals surface area contributed by atoms with Crippen molar-refractivity contribution < 1.29 is 9.84 Å². The van der Waals surface area contributed by atoms with Crippen molar-refractivity contribution >= 4 is 11.6 Å². The maximum atomic E-state index is 10.8. The van der Waals surface area contributed by atoms with Gasteiger partial charge in [-0.15, -0.1) is 11.6 Å². The lowest BCUT2D eigenvalue weighted by Gasteiger charge is -2.62. The van der Waals surface area contributed by atoms with Crippen molar-refractivity contribution in [2.24, 2.45) is 22.7 Å². The second-order valence-electron chi connectivity index (χ2n) is 9.96. The summed E-state index contributed by atoms with van der Waals surface area (Å²) in [5.41, 5.74) is -0.196. The largest absolute Gasteiger partial charge is 0.387 e. The molecular weight excluding hydrogens is 308 g/mol. The number of hydrogen-bond donors (Lipinski definition) is 1. The molecule has 0 amide bonds. The Bertz CT molecular complexity index is 461. The van der Waals surface area contributed by atoms with E-state index in [1.54, 1.807) is 0 Å². The minimum atomic E-state index is -0.807. The number of aliphatic hydroxyl groups is 1. The van der Waals surface area contributed by atoms with Gasteiger partial charge in [-0.1, -0.05) is 27.2 Å². The Balaban J connectivity index is 1.98. The highest BCUT2D eigenvalue weighted by atomic mass is 35.5. The van der Waals surface area contributed by atoms with E-state index in [-0.39, 0.29) is 11.7 Å². The molecule has 134 valence electrons. The fraction of sp³-hybridized carbons (Fsp3) is 1.00. The molecule has 0 aromatic rings. The van der Waals surface area contributed by atoms with Crippen LogP contribution in [0.4, 0.5) is 0 Å². The molecule has 2 saturated carbocycles. The van der Waals surface area contributed by atoms with Gasteiger partial charge in [-0.3, -0.25) is 0 Å². The highest BCUT2D eigenvalue weighted by molar-refractivity contribution is 6.18. The molecule has 3 fully saturated rings. The van der Waals surface area contributed by atoms with E-state index in [1.165, 1.54) is 25.7 Å². The van der Waals surface area contributed by atoms with E-state index in [4.69, 9.17) is 16.3 Å². The quantitative estimate of drug-likeness (QED) is 0.667. The fourth-order valence-electron chi connectivity index (χ4n) is 6.63. The molecule has 3 rings (SSSR count). The molecule has 0 aromatic carbocycles. The summed E-state index contributed by atoms with van der Waals surface area (Å²) in [6.07, 6.45) is 7.92. The third-order valence-electron chi connectivity index (χ3n) is 7.92. The molecule has 0 unspecified atom stereocenters. The molecule has 6 atom stereocenters. The average molecular weight is 343 g/mol. The Morgan fingerprint density at radius 1 is 0.957 bits per heavy atom. The van der Waals surface area contributed by atoms with Gasteiger partial charge in [0, 0.05) is 0 Å². The first-order valence-corrected chi connectivity index (χ1v) is 10.0. The van der Waals surface area contributed by atoms with Crippen LogP contribution in [-0.4, -0.2) is 28.3 Å². The number of rotatable bonds is 1. The van der Waals surface area contributed by atoms with Crippen molar-refractivity contribution in [3.05, 3.63) is 0 Å². The summed E-state index contributed by atoms with van der Waals surface area (Å²) in [5, 5.41) is 10.8. The Hall–Kier alpha value is 0.210. The predicted molar refractivity (Wildman–Crippen MR) is 95.8 cm³/mol. The van der Waals surface area contributed by atoms with Crippen LogP contribution in [0.5, 0.6) is 0 Å². The van der Waals surface area contributed by atoms with E-state index < -0.39 is 5.60 Å². The highest BCUT2D eigenvalue weighted by Crippen LogP contribution is 2.64. The Morgan fingerprint density at radius 3 is 2.26 bits per heavy atom. The van der Waals surface area contributed by atoms with Crippen LogP contribution in [0.25, 0.3) is 0 Å². The Labute approximate surface area is 147 Å². The number of fused-ring (bicyclic) bond motifs is 3. The van der Waals surface area contributed by atoms with Crippen LogP contribution < -0.4 is 0 Å². The molecule has 0 bridgehead atoms. The third kappa shape index (κ3) is 2.77. The van der Waals surface area contributed by atoms with Crippen LogP contribution in [0.3, 0.4) is 0 Å². The zero-order valence-corrected chi connectivity index (χ0v) is 16.4. The molecule has 2 aliphatic carbocycles. The van der Waals surface area contributed by atoms with Crippen LogP contribution >= 0.6 is 11.6 Å². The molecule has 0 aromatic heterocycles. The van der Waals surface area contributed by atoms with E-state index in [1.807, 2.05) is 6.92 Å². The number of halogens is 1. The van der Waals surface area contributed by atoms with Crippen LogP contribution in [0.1, 0.15) is 79.6 Å². The molecule has 3 aliphatic rings. The van der Waals surface area contributed by atoms with Gasteiger partial charge in [-0.25, -0.2) is 0 Å². The van der Waals surface area contributed by atoms with E-state index in [0.717, 1.165) is 25.2 Å². The van der Waals surface area contributed by atoms with E-state index in [9.17, 15) is 5.11 Å². The summed E-state index contributed by atoms with van der Waals surface area (Å²) in [5.74, 6) is 1.66. The molecule has 2 nitrogen and oxygen atoms in total. The molecule has 0 radical (unpaired) electrons. The van der Waals surface area contributed by atoms with Gasteiger partial charge in [0.15, 0.2) is 0 Å². The van der Waals surface area contributed by atoms with Crippen LogP contribution in [0.2, 0.25) is 0 Å². The fourth-order valence-corrected chi connectivity index (χ4v) is 7.02. The summed E-state index contributed by atoms with van der Waals surface area (Å²) in [4.78, 5) is 0. The smallest absolute Gasteiger partial charge is 0.100 e. The highest BCUT2D eigenvalue weighted by Gasteiger charge is 2.60. The summed E-state index contributed by atoms with van der Waals surface area (Å²) in [6, 6.07) is 0. The minimum absolute atomic E-state index is 0.140. The van der Waals surface area contributed by atoms with Crippen molar-refractivity contribution in [2.45, 2.75) is 96.9 Å². The third-order valence-corrected chi connectivity index (χ3v) is 8.20. The zero-order chi connectivity index (χ0) is 17.1. The molecular formula is C20H35ClO2. The van der Waals surface area contributed by atoms with Crippen molar-refractivity contribution in [3.63, 3.8) is 0 Å². The van der Waals surface area contributed by atoms with Gasteiger partial charge in [-0.2, -0.15) is 0 Å². The summed E-state index contributed by atoms with van der Waals surface area (Å²) in [6.45, 7) is 11.6. The van der Waals surface area contributed by atoms with Crippen LogP contribution in [-0.2, 0) is 4.74 Å². The second-order valence-corrected chi connectivity index (χ2v) is 10.3. The van der Waals surface area contributed by atoms with Gasteiger partial charge in [0.05, 0.1) is 17.1 Å². The van der Waals surface area contributed by atoms with E-state index >= 15 is 0 Å². The monoisotopic (exact) mass is 342 g/mol. The van der Waals surface area contributed by atoms with E-state index in [0.29, 0.717) is 22.6 Å². The van der Waals surface area contributed by atoms with Crippen LogP contribution in [0.15, 0.2) is 0 Å². The molecule has 1 aliphatic heterocycles. The first-order chi connectivity index (χ1) is 10.6. The summed E-state index contributed by atoms with van der Waals surface area (Å²) in [7, 11) is 0. The van der Waals surface area contributed by atoms with Gasteiger partial charge in [0.1, 0.15) is 6.10 Å². The SMILES string of the molecule is CC1(C)CCC[C@]2(C)[C@H]3CC[C@](C)(O)[C@@H](CCl)O[C@]3(C)CC[C@@H]12. The van der Waals surface area contributed by atoms with Crippen molar-refractivity contribution in [1.82, 2.24) is 0 Å². The predicted octanol–water partition coefficient (Wildman–Crippen LogP) is 5.16. The molecule has 1 saturated heterocycles. The first-order valence-electron chi connectivity index (χ1n) is 9.51. The van der Waals surface area contributed by atoms with Gasteiger partial charge in [0.2, 0.25) is 0 Å². The molecule has 1 N–H and O–H groups in total. The lowest BCUT2D eigenvalue weighted by molar-refractivity contribution is -0.214. The van der Waals surface area contributed by atoms with Gasteiger partial charge >= 0.3 is 0 Å².